The van der Waals surface area contributed by atoms with Crippen molar-refractivity contribution in [1.29, 1.82) is 0 Å². The number of carbonyl (C=O) groups excluding carboxylic acids is 2. The molecule has 7 nitrogen and oxygen atoms in total. The zero-order valence-electron chi connectivity index (χ0n) is 20.8. The van der Waals surface area contributed by atoms with Crippen LogP contribution in [0.25, 0.3) is 0 Å². The van der Waals surface area contributed by atoms with Crippen LogP contribution in [0, 0.1) is 23.5 Å². The van der Waals surface area contributed by atoms with Crippen molar-refractivity contribution < 1.29 is 33.0 Å². The molecule has 1 atom stereocenters. The van der Waals surface area contributed by atoms with Crippen LogP contribution in [0.1, 0.15) is 35.7 Å². The van der Waals surface area contributed by atoms with Gasteiger partial charge in [-0.25, -0.2) is 13.8 Å². The maximum absolute atomic E-state index is 14.8. The van der Waals surface area contributed by atoms with Gasteiger partial charge in [0.15, 0.2) is 5.78 Å². The van der Waals surface area contributed by atoms with E-state index in [1.807, 2.05) is 19.6 Å². The van der Waals surface area contributed by atoms with Gasteiger partial charge >= 0.3 is 5.97 Å². The number of ketones is 1. The monoisotopic (exact) mass is 516 g/mol. The number of hydrogen-bond donors (Lipinski definition) is 1. The number of Topliss-reactive ketones (excluding diaryl/α,β-unsaturated/α-hetero) is 1. The van der Waals surface area contributed by atoms with E-state index in [1.165, 1.54) is 24.1 Å². The molecule has 36 heavy (non-hydrogen) atoms. The highest BCUT2D eigenvalue weighted by molar-refractivity contribution is 6.88. The van der Waals surface area contributed by atoms with Crippen molar-refractivity contribution in [3.63, 3.8) is 0 Å². The lowest BCUT2D eigenvalue weighted by molar-refractivity contribution is -0.154. The third kappa shape index (κ3) is 4.91. The first-order valence-electron chi connectivity index (χ1n) is 12.0. The molecule has 1 fully saturated rings. The average molecular weight is 517 g/mol. The molecule has 0 bridgehead atoms. The Balaban J connectivity index is 1.65. The number of carboxylic acids is 1. The summed E-state index contributed by atoms with van der Waals surface area (Å²) in [6.07, 6.45) is 0.606. The Morgan fingerprint density at radius 2 is 1.75 bits per heavy atom. The summed E-state index contributed by atoms with van der Waals surface area (Å²) in [5, 5.41) is 9.27. The third-order valence-electron chi connectivity index (χ3n) is 7.04. The molecule has 1 aliphatic carbocycles. The van der Waals surface area contributed by atoms with Gasteiger partial charge in [0.05, 0.1) is 26.8 Å². The number of aliphatic carboxylic acids is 1. The number of nitrogens with zero attached hydrogens (tertiary/aromatic N) is 2. The Morgan fingerprint density at radius 3 is 2.31 bits per heavy atom. The van der Waals surface area contributed by atoms with Crippen LogP contribution in [0.5, 0.6) is 5.88 Å². The fourth-order valence-corrected chi connectivity index (χ4v) is 6.74. The highest BCUT2D eigenvalue weighted by Gasteiger charge is 2.45. The number of carbonyl (C=O) groups is 3. The predicted molar refractivity (Wildman–Crippen MR) is 131 cm³/mol. The second-order valence-corrected chi connectivity index (χ2v) is 15.6. The fourth-order valence-electron chi connectivity index (χ4n) is 5.16. The SMILES string of the molecule is COc1ccc2c(n1)CCN(C(=O)C1CC(C(=O)O)C1)[C@H]2C(=O)Cc1cc(F)c([Si](C)(C)C)c(F)c1. The normalized spacial score (nSPS) is 21.4. The number of methoxy groups -OCH3 is 1. The van der Waals surface area contributed by atoms with Crippen molar-refractivity contribution in [3.05, 3.63) is 52.7 Å². The maximum Gasteiger partial charge on any atom is 0.306 e. The zero-order chi connectivity index (χ0) is 26.4. The van der Waals surface area contributed by atoms with Crippen molar-refractivity contribution >= 4 is 30.9 Å². The van der Waals surface area contributed by atoms with Crippen LogP contribution < -0.4 is 9.92 Å². The lowest BCUT2D eigenvalue weighted by Crippen LogP contribution is -2.50. The zero-order valence-corrected chi connectivity index (χ0v) is 21.8. The van der Waals surface area contributed by atoms with E-state index in [1.54, 1.807) is 12.1 Å². The summed E-state index contributed by atoms with van der Waals surface area (Å²) in [5.74, 6) is -3.56. The van der Waals surface area contributed by atoms with Gasteiger partial charge in [-0.3, -0.25) is 14.4 Å². The van der Waals surface area contributed by atoms with E-state index in [9.17, 15) is 28.3 Å². The minimum Gasteiger partial charge on any atom is -0.481 e. The van der Waals surface area contributed by atoms with E-state index < -0.39 is 43.6 Å². The molecule has 1 aromatic carbocycles. The number of halogens is 2. The van der Waals surface area contributed by atoms with Crippen molar-refractivity contribution in [2.75, 3.05) is 13.7 Å². The van der Waals surface area contributed by atoms with Gasteiger partial charge in [-0.2, -0.15) is 0 Å². The summed E-state index contributed by atoms with van der Waals surface area (Å²) < 4.78 is 34.9. The molecule has 4 rings (SSSR count). The van der Waals surface area contributed by atoms with Gasteiger partial charge in [-0.15, -0.1) is 0 Å². The summed E-state index contributed by atoms with van der Waals surface area (Å²) in [4.78, 5) is 44.1. The topological polar surface area (TPSA) is 96.8 Å². The number of hydrogen-bond acceptors (Lipinski definition) is 5. The Kier molecular flexibility index (Phi) is 7.00. The minimum atomic E-state index is -2.27. The summed E-state index contributed by atoms with van der Waals surface area (Å²) in [6.45, 7) is 5.77. The first kappa shape index (κ1) is 25.9. The maximum atomic E-state index is 14.8. The number of aromatic nitrogens is 1. The highest BCUT2D eigenvalue weighted by atomic mass is 28.3. The fraction of sp³-hybridized carbons (Fsp3) is 0.462. The lowest BCUT2D eigenvalue weighted by atomic mass is 9.73. The Labute approximate surface area is 209 Å². The number of benzene rings is 1. The van der Waals surface area contributed by atoms with Crippen LogP contribution >= 0.6 is 0 Å². The van der Waals surface area contributed by atoms with E-state index in [4.69, 9.17) is 4.74 Å². The van der Waals surface area contributed by atoms with E-state index in [0.29, 0.717) is 23.6 Å². The van der Waals surface area contributed by atoms with E-state index in [0.717, 1.165) is 0 Å². The molecule has 1 N–H and O–H groups in total. The molecule has 2 heterocycles. The number of fused-ring (bicyclic) bond motifs is 1. The van der Waals surface area contributed by atoms with Crippen LogP contribution in [-0.4, -0.2) is 54.4 Å². The molecular formula is C26H30F2N2O5Si. The lowest BCUT2D eigenvalue weighted by Gasteiger charge is -2.41. The number of amides is 1. The molecule has 10 heteroatoms. The summed E-state index contributed by atoms with van der Waals surface area (Å²) in [7, 11) is -0.789. The first-order chi connectivity index (χ1) is 16.9. The molecule has 1 aromatic heterocycles. The molecule has 0 spiro atoms. The van der Waals surface area contributed by atoms with E-state index in [2.05, 4.69) is 4.98 Å². The van der Waals surface area contributed by atoms with E-state index in [-0.39, 0.29) is 48.2 Å². The van der Waals surface area contributed by atoms with Crippen LogP contribution in [0.4, 0.5) is 8.78 Å². The molecule has 0 unspecified atom stereocenters. The second-order valence-electron chi connectivity index (χ2n) is 10.6. The van der Waals surface area contributed by atoms with Crippen LogP contribution in [0.2, 0.25) is 19.6 Å². The molecular weight excluding hydrogens is 486 g/mol. The Hall–Kier alpha value is -3.14. The minimum absolute atomic E-state index is 0.0905. The van der Waals surface area contributed by atoms with Crippen LogP contribution in [-0.2, 0) is 27.2 Å². The van der Waals surface area contributed by atoms with Crippen LogP contribution in [0.15, 0.2) is 24.3 Å². The third-order valence-corrected chi connectivity index (χ3v) is 9.02. The quantitative estimate of drug-likeness (QED) is 0.568. The smallest absolute Gasteiger partial charge is 0.306 e. The summed E-state index contributed by atoms with van der Waals surface area (Å²) >= 11 is 0. The summed E-state index contributed by atoms with van der Waals surface area (Å²) in [6, 6.07) is 4.74. The van der Waals surface area contributed by atoms with Gasteiger partial charge in [-0.05, 0) is 36.6 Å². The Morgan fingerprint density at radius 1 is 1.11 bits per heavy atom. The standard InChI is InChI=1S/C26H30F2N2O5Si/c1-35-22-6-5-17-20(29-22)7-8-30(25(32)15-12-16(13-15)26(33)34)23(17)21(31)11-14-9-18(27)24(19(28)10-14)36(2,3)4/h5-6,9-10,15-16,23H,7-8,11-13H2,1-4H3,(H,33,34)/t15?,16?,23-/m1/s1. The number of ether oxygens (including phenoxy) is 1. The molecule has 1 saturated carbocycles. The number of carboxylic acid groups (broad SMARTS) is 1. The van der Waals surface area contributed by atoms with Gasteiger partial charge in [0.25, 0.3) is 0 Å². The van der Waals surface area contributed by atoms with Gasteiger partial charge in [0.2, 0.25) is 11.8 Å². The number of rotatable bonds is 7. The molecule has 2 aromatic rings. The molecule has 0 radical (unpaired) electrons. The molecule has 2 aliphatic rings. The first-order valence-corrected chi connectivity index (χ1v) is 15.5. The Bertz CT molecular complexity index is 1200. The van der Waals surface area contributed by atoms with E-state index >= 15 is 0 Å². The van der Waals surface area contributed by atoms with Crippen molar-refractivity contribution in [1.82, 2.24) is 9.88 Å². The van der Waals surface area contributed by atoms with Gasteiger partial charge in [0, 0.05) is 42.1 Å². The van der Waals surface area contributed by atoms with Gasteiger partial charge in [0.1, 0.15) is 17.7 Å². The van der Waals surface area contributed by atoms with Crippen LogP contribution in [0.3, 0.4) is 0 Å². The summed E-state index contributed by atoms with van der Waals surface area (Å²) in [5.41, 5.74) is 1.38. The van der Waals surface area contributed by atoms with Crippen molar-refractivity contribution in [2.45, 2.75) is 51.4 Å². The van der Waals surface area contributed by atoms with Gasteiger partial charge < -0.3 is 14.7 Å². The highest BCUT2D eigenvalue weighted by Crippen LogP contribution is 2.39. The molecule has 1 amide bonds. The van der Waals surface area contributed by atoms with Crippen molar-refractivity contribution in [3.8, 4) is 5.88 Å². The predicted octanol–water partition coefficient (Wildman–Crippen LogP) is 3.26. The van der Waals surface area contributed by atoms with Gasteiger partial charge in [-0.1, -0.05) is 19.6 Å². The molecule has 1 aliphatic heterocycles. The van der Waals surface area contributed by atoms with Crippen molar-refractivity contribution in [2.24, 2.45) is 11.8 Å². The number of pyridine rings is 1. The largest absolute Gasteiger partial charge is 0.481 e. The molecule has 0 saturated heterocycles. The second kappa shape index (κ2) is 9.72. The average Bonchev–Trinajstić information content (AvgIpc) is 2.74. The molecule has 192 valence electrons.